The number of fused-ring (bicyclic) bond motifs is 5. The molecule has 26 heavy (non-hydrogen) atoms. The molecule has 0 atom stereocenters. The van der Waals surface area contributed by atoms with Gasteiger partial charge in [-0.25, -0.2) is 8.91 Å². The number of aromatic nitrogens is 2. The highest BCUT2D eigenvalue weighted by atomic mass is 19.1. The van der Waals surface area contributed by atoms with E-state index >= 15 is 0 Å². The molecule has 2 aromatic carbocycles. The van der Waals surface area contributed by atoms with Crippen LogP contribution in [0.4, 0.5) is 4.39 Å². The summed E-state index contributed by atoms with van der Waals surface area (Å²) in [5, 5.41) is 6.90. The molecule has 1 aliphatic carbocycles. The maximum absolute atomic E-state index is 14.0. The van der Waals surface area contributed by atoms with Gasteiger partial charge in [-0.3, -0.25) is 0 Å². The van der Waals surface area contributed by atoms with Crippen molar-refractivity contribution >= 4 is 16.3 Å². The predicted octanol–water partition coefficient (Wildman–Crippen LogP) is 5.18. The summed E-state index contributed by atoms with van der Waals surface area (Å²) >= 11 is 0. The van der Waals surface area contributed by atoms with Crippen LogP contribution in [-0.4, -0.2) is 16.7 Å². The highest BCUT2D eigenvalue weighted by molar-refractivity contribution is 6.00. The third kappa shape index (κ3) is 2.29. The first-order valence-electron chi connectivity index (χ1n) is 9.02. The number of hydrogen-bond donors (Lipinski definition) is 0. The molecule has 4 heteroatoms. The average Bonchev–Trinajstić information content (AvgIpc) is 3.07. The van der Waals surface area contributed by atoms with Crippen molar-refractivity contribution < 1.29 is 9.13 Å². The average molecular weight is 346 g/mol. The zero-order valence-electron chi connectivity index (χ0n) is 14.6. The van der Waals surface area contributed by atoms with Gasteiger partial charge in [0.25, 0.3) is 0 Å². The third-order valence-electron chi connectivity index (χ3n) is 5.33. The second-order valence-electron chi connectivity index (χ2n) is 6.88. The SMILES string of the molecule is COc1ccc(-c2cc3ccc(F)cc3c3c4c(nn23)CCCC4)cc1. The Hall–Kier alpha value is -2.88. The van der Waals surface area contributed by atoms with Gasteiger partial charge in [-0.15, -0.1) is 0 Å². The molecule has 0 saturated heterocycles. The first kappa shape index (κ1) is 15.4. The van der Waals surface area contributed by atoms with E-state index < -0.39 is 0 Å². The van der Waals surface area contributed by atoms with Gasteiger partial charge in [0.05, 0.1) is 24.0 Å². The molecule has 1 aliphatic rings. The van der Waals surface area contributed by atoms with E-state index in [4.69, 9.17) is 9.84 Å². The molecule has 0 fully saturated rings. The van der Waals surface area contributed by atoms with Crippen LogP contribution in [0, 0.1) is 5.82 Å². The number of aryl methyl sites for hydroxylation is 2. The normalized spacial score (nSPS) is 13.9. The highest BCUT2D eigenvalue weighted by Gasteiger charge is 2.21. The summed E-state index contributed by atoms with van der Waals surface area (Å²) in [7, 11) is 1.67. The number of methoxy groups -OCH3 is 1. The molecule has 5 rings (SSSR count). The van der Waals surface area contributed by atoms with E-state index in [2.05, 4.69) is 6.07 Å². The van der Waals surface area contributed by atoms with Gasteiger partial charge in [-0.05, 0) is 73.5 Å². The molecule has 2 aromatic heterocycles. The number of nitrogens with zero attached hydrogens (tertiary/aromatic N) is 2. The second kappa shape index (κ2) is 5.84. The summed E-state index contributed by atoms with van der Waals surface area (Å²) in [6.45, 7) is 0. The Bertz CT molecular complexity index is 1130. The molecule has 4 aromatic rings. The molecule has 0 saturated carbocycles. The van der Waals surface area contributed by atoms with E-state index in [1.165, 1.54) is 18.1 Å². The van der Waals surface area contributed by atoms with Crippen LogP contribution >= 0.6 is 0 Å². The van der Waals surface area contributed by atoms with Crippen LogP contribution in [0.25, 0.3) is 27.5 Å². The minimum atomic E-state index is -0.206. The Kier molecular flexibility index (Phi) is 3.45. The maximum atomic E-state index is 14.0. The summed E-state index contributed by atoms with van der Waals surface area (Å²) in [6, 6.07) is 15.1. The Morgan fingerprint density at radius 1 is 1.00 bits per heavy atom. The van der Waals surface area contributed by atoms with Gasteiger partial charge in [0.15, 0.2) is 0 Å². The van der Waals surface area contributed by atoms with E-state index in [1.54, 1.807) is 13.2 Å². The van der Waals surface area contributed by atoms with Gasteiger partial charge in [0, 0.05) is 16.5 Å². The van der Waals surface area contributed by atoms with Crippen LogP contribution in [0.15, 0.2) is 48.5 Å². The van der Waals surface area contributed by atoms with Gasteiger partial charge in [-0.1, -0.05) is 6.07 Å². The lowest BCUT2D eigenvalue weighted by atomic mass is 9.95. The Labute approximate surface area is 151 Å². The second-order valence-corrected chi connectivity index (χ2v) is 6.88. The fourth-order valence-electron chi connectivity index (χ4n) is 4.04. The fourth-order valence-corrected chi connectivity index (χ4v) is 4.04. The topological polar surface area (TPSA) is 26.5 Å². The zero-order valence-corrected chi connectivity index (χ0v) is 14.6. The lowest BCUT2D eigenvalue weighted by Gasteiger charge is -2.12. The molecule has 0 aliphatic heterocycles. The Morgan fingerprint density at radius 3 is 2.62 bits per heavy atom. The van der Waals surface area contributed by atoms with Crippen LogP contribution in [0.2, 0.25) is 0 Å². The van der Waals surface area contributed by atoms with Crippen molar-refractivity contribution in [3.05, 3.63) is 65.6 Å². The zero-order chi connectivity index (χ0) is 17.7. The summed E-state index contributed by atoms with van der Waals surface area (Å²) in [4.78, 5) is 0. The van der Waals surface area contributed by atoms with Gasteiger partial charge < -0.3 is 4.74 Å². The van der Waals surface area contributed by atoms with Crippen LogP contribution < -0.4 is 4.74 Å². The predicted molar refractivity (Wildman–Crippen MR) is 101 cm³/mol. The molecule has 0 N–H and O–H groups in total. The van der Waals surface area contributed by atoms with E-state index in [9.17, 15) is 4.39 Å². The molecular formula is C22H19FN2O. The molecule has 3 nitrogen and oxygen atoms in total. The van der Waals surface area contributed by atoms with Crippen molar-refractivity contribution in [2.24, 2.45) is 0 Å². The van der Waals surface area contributed by atoms with Crippen molar-refractivity contribution in [3.63, 3.8) is 0 Å². The minimum absolute atomic E-state index is 0.206. The van der Waals surface area contributed by atoms with Crippen molar-refractivity contribution in [1.82, 2.24) is 9.61 Å². The quantitative estimate of drug-likeness (QED) is 0.500. The summed E-state index contributed by atoms with van der Waals surface area (Å²) in [5.74, 6) is 0.620. The number of ether oxygens (including phenoxy) is 1. The summed E-state index contributed by atoms with van der Waals surface area (Å²) < 4.78 is 21.3. The molecule has 0 amide bonds. The largest absolute Gasteiger partial charge is 0.497 e. The van der Waals surface area contributed by atoms with Crippen molar-refractivity contribution in [1.29, 1.82) is 0 Å². The lowest BCUT2D eigenvalue weighted by Crippen LogP contribution is -2.00. The van der Waals surface area contributed by atoms with E-state index in [-0.39, 0.29) is 5.82 Å². The van der Waals surface area contributed by atoms with Crippen LogP contribution in [-0.2, 0) is 12.8 Å². The fraction of sp³-hybridized carbons (Fsp3) is 0.227. The van der Waals surface area contributed by atoms with Crippen LogP contribution in [0.5, 0.6) is 5.75 Å². The number of rotatable bonds is 2. The third-order valence-corrected chi connectivity index (χ3v) is 5.33. The molecular weight excluding hydrogens is 327 g/mol. The molecule has 0 spiro atoms. The molecule has 0 unspecified atom stereocenters. The molecule has 130 valence electrons. The van der Waals surface area contributed by atoms with Gasteiger partial charge in [0.1, 0.15) is 11.6 Å². The molecule has 0 radical (unpaired) electrons. The van der Waals surface area contributed by atoms with Crippen LogP contribution in [0.1, 0.15) is 24.1 Å². The van der Waals surface area contributed by atoms with Crippen molar-refractivity contribution in [2.75, 3.05) is 7.11 Å². The number of pyridine rings is 1. The van der Waals surface area contributed by atoms with Gasteiger partial charge in [-0.2, -0.15) is 5.10 Å². The van der Waals surface area contributed by atoms with Gasteiger partial charge in [0.2, 0.25) is 0 Å². The lowest BCUT2D eigenvalue weighted by molar-refractivity contribution is 0.415. The van der Waals surface area contributed by atoms with Crippen molar-refractivity contribution in [3.8, 4) is 17.0 Å². The first-order valence-corrected chi connectivity index (χ1v) is 9.02. The minimum Gasteiger partial charge on any atom is -0.497 e. The van der Waals surface area contributed by atoms with Crippen LogP contribution in [0.3, 0.4) is 0 Å². The number of hydrogen-bond acceptors (Lipinski definition) is 2. The van der Waals surface area contributed by atoms with E-state index in [0.29, 0.717) is 0 Å². The smallest absolute Gasteiger partial charge is 0.123 e. The van der Waals surface area contributed by atoms with Crippen molar-refractivity contribution in [2.45, 2.75) is 25.7 Å². The summed E-state index contributed by atoms with van der Waals surface area (Å²) in [5.41, 5.74) is 5.59. The Morgan fingerprint density at radius 2 is 1.81 bits per heavy atom. The molecule has 0 bridgehead atoms. The Balaban J connectivity index is 1.87. The van der Waals surface area contributed by atoms with Gasteiger partial charge >= 0.3 is 0 Å². The summed E-state index contributed by atoms with van der Waals surface area (Å²) in [6.07, 6.45) is 4.34. The number of halogens is 1. The van der Waals surface area contributed by atoms with E-state index in [1.807, 2.05) is 34.8 Å². The maximum Gasteiger partial charge on any atom is 0.123 e. The van der Waals surface area contributed by atoms with E-state index in [0.717, 1.165) is 58.3 Å². The molecule has 2 heterocycles. The standard InChI is InChI=1S/C22H19FN2O/c1-26-17-10-7-14(8-11-17)21-12-15-6-9-16(23)13-19(15)22-18-4-2-3-5-20(18)24-25(21)22/h6-13H,2-5H2,1H3. The monoisotopic (exact) mass is 346 g/mol. The highest BCUT2D eigenvalue weighted by Crippen LogP contribution is 2.35. The first-order chi connectivity index (χ1) is 12.7. The number of benzene rings is 2.